The average molecular weight is 492 g/mol. The molecule has 6 rings (SSSR count). The Morgan fingerprint density at radius 1 is 0.919 bits per heavy atom. The van der Waals surface area contributed by atoms with Crippen molar-refractivity contribution >= 4 is 28.5 Å². The number of carbonyl (C=O) groups is 1. The van der Waals surface area contributed by atoms with E-state index in [0.717, 1.165) is 41.2 Å². The maximum Gasteiger partial charge on any atom is 0.256 e. The topological polar surface area (TPSA) is 70.1 Å². The summed E-state index contributed by atoms with van der Waals surface area (Å²) < 4.78 is 14.1. The minimum atomic E-state index is -0.333. The minimum absolute atomic E-state index is 0.218. The fourth-order valence-corrected chi connectivity index (χ4v) is 4.92. The molecule has 7 heteroatoms. The number of hydrogen-bond acceptors (Lipinski definition) is 5. The van der Waals surface area contributed by atoms with E-state index in [1.807, 2.05) is 30.6 Å². The molecule has 0 bridgehead atoms. The van der Waals surface area contributed by atoms with Crippen molar-refractivity contribution in [2.75, 3.05) is 35.2 Å². The number of hydrogen-bond donors (Lipinski definition) is 2. The molecule has 0 aliphatic carbocycles. The third-order valence-corrected chi connectivity index (χ3v) is 6.85. The van der Waals surface area contributed by atoms with Crippen LogP contribution >= 0.6 is 0 Å². The average Bonchev–Trinajstić information content (AvgIpc) is 3.49. The lowest BCUT2D eigenvalue weighted by Crippen LogP contribution is -2.19. The van der Waals surface area contributed by atoms with Crippen LogP contribution in [0, 0.1) is 5.82 Å². The minimum Gasteiger partial charge on any atom is -0.381 e. The smallest absolute Gasteiger partial charge is 0.256 e. The number of anilines is 3. The molecule has 184 valence electrons. The van der Waals surface area contributed by atoms with Crippen LogP contribution in [0.15, 0.2) is 85.3 Å². The van der Waals surface area contributed by atoms with Crippen LogP contribution in [0.2, 0.25) is 0 Å². The monoisotopic (exact) mass is 491 g/mol. The quantitative estimate of drug-likeness (QED) is 0.359. The lowest BCUT2D eigenvalue weighted by molar-refractivity contribution is -0.111. The Labute approximate surface area is 214 Å². The molecule has 0 atom stereocenters. The number of benzene rings is 2. The highest BCUT2D eigenvalue weighted by Crippen LogP contribution is 2.34. The molecule has 1 saturated heterocycles. The highest BCUT2D eigenvalue weighted by molar-refractivity contribution is 6.27. The van der Waals surface area contributed by atoms with Crippen molar-refractivity contribution in [3.05, 3.63) is 96.7 Å². The summed E-state index contributed by atoms with van der Waals surface area (Å²) in [6.07, 6.45) is 9.64. The van der Waals surface area contributed by atoms with Crippen molar-refractivity contribution in [3.63, 3.8) is 0 Å². The molecule has 2 aliphatic heterocycles. The first-order chi connectivity index (χ1) is 18.2. The normalized spacial score (nSPS) is 14.5. The van der Waals surface area contributed by atoms with Crippen LogP contribution in [-0.4, -0.2) is 35.5 Å². The zero-order chi connectivity index (χ0) is 25.2. The van der Waals surface area contributed by atoms with Gasteiger partial charge in [0.2, 0.25) is 0 Å². The zero-order valence-electron chi connectivity index (χ0n) is 20.2. The van der Waals surface area contributed by atoms with E-state index >= 15 is 0 Å². The summed E-state index contributed by atoms with van der Waals surface area (Å²) in [6.45, 7) is 2.68. The van der Waals surface area contributed by atoms with Gasteiger partial charge in [-0.15, -0.1) is 0 Å². The van der Waals surface area contributed by atoms with E-state index in [2.05, 4.69) is 37.6 Å². The van der Waals surface area contributed by atoms with Gasteiger partial charge in [0.25, 0.3) is 5.91 Å². The molecule has 1 fully saturated rings. The third kappa shape index (κ3) is 4.68. The highest BCUT2D eigenvalue weighted by Gasteiger charge is 2.21. The van der Waals surface area contributed by atoms with Crippen LogP contribution in [-0.2, 0) is 4.79 Å². The number of amides is 1. The number of carbonyl (C=O) groups excluding carboxylic acids is 1. The molecule has 6 nitrogen and oxygen atoms in total. The standard InChI is InChI=1S/C30H26FN5O/c31-27-6-2-1-5-25(27)28-10-8-22(18-34-28)35-30(37)24-11-12-33-29-9-7-20(16-26(24)29)21-15-23(19-32-17-21)36-13-3-4-14-36/h1-2,5-11,15-19,33H,3-4,12-14H2,(H,35,37). The summed E-state index contributed by atoms with van der Waals surface area (Å²) in [7, 11) is 0. The van der Waals surface area contributed by atoms with Gasteiger partial charge in [0, 0.05) is 53.8 Å². The van der Waals surface area contributed by atoms with Crippen molar-refractivity contribution in [2.24, 2.45) is 0 Å². The van der Waals surface area contributed by atoms with Gasteiger partial charge in [0.05, 0.1) is 29.5 Å². The first-order valence-corrected chi connectivity index (χ1v) is 12.5. The number of rotatable bonds is 5. The van der Waals surface area contributed by atoms with Gasteiger partial charge in [-0.1, -0.05) is 24.3 Å². The van der Waals surface area contributed by atoms with E-state index in [4.69, 9.17) is 0 Å². The predicted octanol–water partition coefficient (Wildman–Crippen LogP) is 6.00. The van der Waals surface area contributed by atoms with Crippen molar-refractivity contribution in [3.8, 4) is 22.4 Å². The molecule has 0 saturated carbocycles. The highest BCUT2D eigenvalue weighted by atomic mass is 19.1. The Morgan fingerprint density at radius 2 is 1.78 bits per heavy atom. The number of aromatic nitrogens is 2. The van der Waals surface area contributed by atoms with Crippen LogP contribution in [0.3, 0.4) is 0 Å². The second kappa shape index (κ2) is 9.85. The van der Waals surface area contributed by atoms with Crippen LogP contribution in [0.1, 0.15) is 18.4 Å². The molecular weight excluding hydrogens is 465 g/mol. The van der Waals surface area contributed by atoms with Gasteiger partial charge in [-0.3, -0.25) is 14.8 Å². The molecule has 1 amide bonds. The summed E-state index contributed by atoms with van der Waals surface area (Å²) in [5.41, 5.74) is 6.98. The van der Waals surface area contributed by atoms with E-state index in [1.165, 1.54) is 18.9 Å². The molecule has 37 heavy (non-hydrogen) atoms. The lowest BCUT2D eigenvalue weighted by Gasteiger charge is -2.21. The maximum absolute atomic E-state index is 14.1. The summed E-state index contributed by atoms with van der Waals surface area (Å²) in [5.74, 6) is -0.551. The Hall–Kier alpha value is -4.52. The molecule has 4 heterocycles. The second-order valence-electron chi connectivity index (χ2n) is 9.25. The maximum atomic E-state index is 14.1. The van der Waals surface area contributed by atoms with Gasteiger partial charge in [0.15, 0.2) is 0 Å². The third-order valence-electron chi connectivity index (χ3n) is 6.85. The van der Waals surface area contributed by atoms with Crippen molar-refractivity contribution < 1.29 is 9.18 Å². The molecule has 2 aromatic heterocycles. The van der Waals surface area contributed by atoms with Gasteiger partial charge in [-0.2, -0.15) is 0 Å². The molecule has 2 aromatic carbocycles. The van der Waals surface area contributed by atoms with Gasteiger partial charge < -0.3 is 15.5 Å². The molecule has 4 aromatic rings. The fraction of sp³-hybridized carbons (Fsp3) is 0.167. The number of pyridine rings is 2. The van der Waals surface area contributed by atoms with Gasteiger partial charge in [-0.05, 0) is 60.9 Å². The molecular formula is C30H26FN5O. The van der Waals surface area contributed by atoms with Crippen molar-refractivity contribution in [1.82, 2.24) is 9.97 Å². The van der Waals surface area contributed by atoms with E-state index in [0.29, 0.717) is 29.1 Å². The van der Waals surface area contributed by atoms with Gasteiger partial charge in [0.1, 0.15) is 5.82 Å². The Balaban J connectivity index is 1.24. The Bertz CT molecular complexity index is 1490. The number of nitrogens with one attached hydrogen (secondary N) is 2. The largest absolute Gasteiger partial charge is 0.381 e. The fourth-order valence-electron chi connectivity index (χ4n) is 4.92. The Morgan fingerprint density at radius 3 is 2.59 bits per heavy atom. The summed E-state index contributed by atoms with van der Waals surface area (Å²) in [5, 5.41) is 6.29. The van der Waals surface area contributed by atoms with Crippen LogP contribution in [0.25, 0.3) is 28.0 Å². The van der Waals surface area contributed by atoms with Crippen molar-refractivity contribution in [2.45, 2.75) is 12.8 Å². The van der Waals surface area contributed by atoms with Crippen molar-refractivity contribution in [1.29, 1.82) is 0 Å². The summed E-state index contributed by atoms with van der Waals surface area (Å²) in [4.78, 5) is 24.5. The van der Waals surface area contributed by atoms with Crippen LogP contribution in [0.5, 0.6) is 0 Å². The SMILES string of the molecule is O=C(Nc1ccc(-c2ccccc2F)nc1)C1=CCNc2ccc(-c3cncc(N4CCCC4)c3)cc21. The molecule has 2 aliphatic rings. The Kier molecular flexibility index (Phi) is 6.10. The number of fused-ring (bicyclic) bond motifs is 1. The second-order valence-corrected chi connectivity index (χ2v) is 9.25. The van der Waals surface area contributed by atoms with E-state index < -0.39 is 0 Å². The van der Waals surface area contributed by atoms with Crippen LogP contribution in [0.4, 0.5) is 21.5 Å². The summed E-state index contributed by atoms with van der Waals surface area (Å²) >= 11 is 0. The number of nitrogens with zero attached hydrogens (tertiary/aromatic N) is 3. The molecule has 0 unspecified atom stereocenters. The van der Waals surface area contributed by atoms with Gasteiger partial charge in [-0.25, -0.2) is 4.39 Å². The first kappa shape index (κ1) is 22.9. The first-order valence-electron chi connectivity index (χ1n) is 12.5. The van der Waals surface area contributed by atoms with E-state index in [9.17, 15) is 9.18 Å². The van der Waals surface area contributed by atoms with E-state index in [-0.39, 0.29) is 11.7 Å². The molecule has 0 spiro atoms. The summed E-state index contributed by atoms with van der Waals surface area (Å²) in [6, 6.07) is 18.2. The number of halogens is 1. The van der Waals surface area contributed by atoms with Gasteiger partial charge >= 0.3 is 0 Å². The zero-order valence-corrected chi connectivity index (χ0v) is 20.2. The lowest BCUT2D eigenvalue weighted by atomic mass is 9.95. The van der Waals surface area contributed by atoms with E-state index in [1.54, 1.807) is 36.5 Å². The molecule has 2 N–H and O–H groups in total. The van der Waals surface area contributed by atoms with Crippen LogP contribution < -0.4 is 15.5 Å². The molecule has 0 radical (unpaired) electrons. The predicted molar refractivity (Wildman–Crippen MR) is 146 cm³/mol.